The number of carbonyl (C=O) groups is 1. The normalized spacial score (nSPS) is 34.3. The fraction of sp³-hybridized carbons (Fsp3) is 0.923. The van der Waals surface area contributed by atoms with Crippen LogP contribution in [0.4, 0.5) is 0 Å². The number of hydrogen-bond donors (Lipinski definition) is 1. The highest BCUT2D eigenvalue weighted by Gasteiger charge is 2.29. The molecule has 1 saturated carbocycles. The van der Waals surface area contributed by atoms with Crippen molar-refractivity contribution in [2.45, 2.75) is 57.9 Å². The van der Waals surface area contributed by atoms with E-state index in [0.29, 0.717) is 11.8 Å². The number of rotatable bonds is 2. The fourth-order valence-electron chi connectivity index (χ4n) is 3.13. The van der Waals surface area contributed by atoms with E-state index < -0.39 is 0 Å². The first kappa shape index (κ1) is 11.1. The Kier molecular flexibility index (Phi) is 3.79. The van der Waals surface area contributed by atoms with Gasteiger partial charge in [0.25, 0.3) is 0 Å². The lowest BCUT2D eigenvalue weighted by Gasteiger charge is -2.36. The molecule has 1 aliphatic heterocycles. The SMILES string of the molecule is CCC1CCNC(C2CCC(=O)CC2)C1. The summed E-state index contributed by atoms with van der Waals surface area (Å²) in [5.41, 5.74) is 0. The summed E-state index contributed by atoms with van der Waals surface area (Å²) < 4.78 is 0. The standard InChI is InChI=1S/C13H23NO/c1-2-10-7-8-14-13(9-10)11-3-5-12(15)6-4-11/h10-11,13-14H,2-9H2,1H3. The molecule has 2 nitrogen and oxygen atoms in total. The fourth-order valence-corrected chi connectivity index (χ4v) is 3.13. The summed E-state index contributed by atoms with van der Waals surface area (Å²) in [7, 11) is 0. The summed E-state index contributed by atoms with van der Waals surface area (Å²) in [4.78, 5) is 11.2. The van der Waals surface area contributed by atoms with E-state index in [1.807, 2.05) is 0 Å². The molecule has 2 fully saturated rings. The summed E-state index contributed by atoms with van der Waals surface area (Å²) in [6.45, 7) is 3.49. The highest BCUT2D eigenvalue weighted by molar-refractivity contribution is 5.79. The number of Topliss-reactive ketones (excluding diaryl/α,β-unsaturated/α-hetero) is 1. The topological polar surface area (TPSA) is 29.1 Å². The van der Waals surface area contributed by atoms with Crippen LogP contribution in [0.1, 0.15) is 51.9 Å². The van der Waals surface area contributed by atoms with Gasteiger partial charge in [-0.1, -0.05) is 13.3 Å². The summed E-state index contributed by atoms with van der Waals surface area (Å²) in [6.07, 6.45) is 7.94. The minimum atomic E-state index is 0.481. The van der Waals surface area contributed by atoms with Crippen molar-refractivity contribution in [2.24, 2.45) is 11.8 Å². The van der Waals surface area contributed by atoms with Crippen molar-refractivity contribution < 1.29 is 4.79 Å². The van der Waals surface area contributed by atoms with E-state index in [9.17, 15) is 4.79 Å². The van der Waals surface area contributed by atoms with Crippen LogP contribution in [-0.2, 0) is 4.79 Å². The molecule has 0 spiro atoms. The molecule has 0 aromatic carbocycles. The van der Waals surface area contributed by atoms with Crippen LogP contribution in [0.5, 0.6) is 0 Å². The van der Waals surface area contributed by atoms with Crippen molar-refractivity contribution in [1.29, 1.82) is 0 Å². The van der Waals surface area contributed by atoms with Gasteiger partial charge in [-0.2, -0.15) is 0 Å². The van der Waals surface area contributed by atoms with Gasteiger partial charge in [0.1, 0.15) is 5.78 Å². The highest BCUT2D eigenvalue weighted by atomic mass is 16.1. The van der Waals surface area contributed by atoms with Crippen LogP contribution in [0.2, 0.25) is 0 Å². The van der Waals surface area contributed by atoms with Crippen molar-refractivity contribution in [2.75, 3.05) is 6.54 Å². The van der Waals surface area contributed by atoms with Crippen LogP contribution in [-0.4, -0.2) is 18.4 Å². The van der Waals surface area contributed by atoms with Gasteiger partial charge in [0.2, 0.25) is 0 Å². The van der Waals surface area contributed by atoms with Gasteiger partial charge < -0.3 is 5.32 Å². The van der Waals surface area contributed by atoms with E-state index >= 15 is 0 Å². The third-order valence-electron chi connectivity index (χ3n) is 4.28. The van der Waals surface area contributed by atoms with Crippen LogP contribution in [0.3, 0.4) is 0 Å². The van der Waals surface area contributed by atoms with E-state index in [2.05, 4.69) is 12.2 Å². The van der Waals surface area contributed by atoms with Gasteiger partial charge in [-0.05, 0) is 44.1 Å². The number of ketones is 1. The van der Waals surface area contributed by atoms with Gasteiger partial charge in [-0.25, -0.2) is 0 Å². The quantitative estimate of drug-likeness (QED) is 0.757. The third-order valence-corrected chi connectivity index (χ3v) is 4.28. The molecule has 1 heterocycles. The summed E-state index contributed by atoms with van der Waals surface area (Å²) in [6, 6.07) is 0.705. The lowest BCUT2D eigenvalue weighted by molar-refractivity contribution is -0.121. The molecule has 86 valence electrons. The third kappa shape index (κ3) is 2.81. The minimum Gasteiger partial charge on any atom is -0.314 e. The van der Waals surface area contributed by atoms with Crippen LogP contribution in [0.25, 0.3) is 0 Å². The Hall–Kier alpha value is -0.370. The van der Waals surface area contributed by atoms with Gasteiger partial charge in [-0.15, -0.1) is 0 Å². The predicted molar refractivity (Wildman–Crippen MR) is 61.8 cm³/mol. The summed E-state index contributed by atoms with van der Waals surface area (Å²) >= 11 is 0. The van der Waals surface area contributed by atoms with Crippen LogP contribution < -0.4 is 5.32 Å². The number of hydrogen-bond acceptors (Lipinski definition) is 2. The summed E-state index contributed by atoms with van der Waals surface area (Å²) in [5.74, 6) is 2.18. The van der Waals surface area contributed by atoms with Crippen molar-refractivity contribution in [3.63, 3.8) is 0 Å². The van der Waals surface area contributed by atoms with Gasteiger partial charge in [0, 0.05) is 18.9 Å². The van der Waals surface area contributed by atoms with E-state index in [4.69, 9.17) is 0 Å². The average Bonchev–Trinajstić information content (AvgIpc) is 2.30. The minimum absolute atomic E-state index is 0.481. The van der Waals surface area contributed by atoms with Crippen molar-refractivity contribution in [3.8, 4) is 0 Å². The lowest BCUT2D eigenvalue weighted by Crippen LogP contribution is -2.44. The Labute approximate surface area is 92.8 Å². The Morgan fingerprint density at radius 3 is 2.67 bits per heavy atom. The molecule has 0 bridgehead atoms. The molecule has 1 aliphatic carbocycles. The van der Waals surface area contributed by atoms with Crippen LogP contribution >= 0.6 is 0 Å². The van der Waals surface area contributed by atoms with Gasteiger partial charge in [-0.3, -0.25) is 4.79 Å². The molecule has 1 saturated heterocycles. The molecule has 0 aromatic rings. The molecule has 2 atom stereocenters. The maximum Gasteiger partial charge on any atom is 0.132 e. The first-order valence-corrected chi connectivity index (χ1v) is 6.54. The molecule has 0 radical (unpaired) electrons. The first-order chi connectivity index (χ1) is 7.29. The monoisotopic (exact) mass is 209 g/mol. The molecule has 15 heavy (non-hydrogen) atoms. The van der Waals surface area contributed by atoms with Crippen LogP contribution in [0.15, 0.2) is 0 Å². The van der Waals surface area contributed by atoms with E-state index in [0.717, 1.165) is 37.5 Å². The smallest absolute Gasteiger partial charge is 0.132 e. The lowest BCUT2D eigenvalue weighted by atomic mass is 9.77. The zero-order chi connectivity index (χ0) is 10.7. The Balaban J connectivity index is 1.84. The van der Waals surface area contributed by atoms with Gasteiger partial charge in [0.15, 0.2) is 0 Å². The Morgan fingerprint density at radius 2 is 2.00 bits per heavy atom. The van der Waals surface area contributed by atoms with Crippen molar-refractivity contribution >= 4 is 5.78 Å². The second kappa shape index (κ2) is 5.11. The molecule has 0 aromatic heterocycles. The molecule has 2 unspecified atom stereocenters. The zero-order valence-electron chi connectivity index (χ0n) is 9.80. The van der Waals surface area contributed by atoms with Gasteiger partial charge >= 0.3 is 0 Å². The maximum atomic E-state index is 11.2. The Bertz CT molecular complexity index is 217. The molecular weight excluding hydrogens is 186 g/mol. The zero-order valence-corrected chi connectivity index (χ0v) is 9.80. The first-order valence-electron chi connectivity index (χ1n) is 6.54. The maximum absolute atomic E-state index is 11.2. The number of nitrogens with one attached hydrogen (secondary N) is 1. The molecule has 2 rings (SSSR count). The van der Waals surface area contributed by atoms with E-state index in [1.54, 1.807) is 0 Å². The van der Waals surface area contributed by atoms with Crippen molar-refractivity contribution in [1.82, 2.24) is 5.32 Å². The number of carbonyl (C=O) groups excluding carboxylic acids is 1. The second-order valence-corrected chi connectivity index (χ2v) is 5.24. The molecule has 2 heteroatoms. The van der Waals surface area contributed by atoms with Crippen LogP contribution in [0, 0.1) is 11.8 Å². The van der Waals surface area contributed by atoms with E-state index in [-0.39, 0.29) is 0 Å². The highest BCUT2D eigenvalue weighted by Crippen LogP contribution is 2.31. The van der Waals surface area contributed by atoms with Gasteiger partial charge in [0.05, 0.1) is 0 Å². The Morgan fingerprint density at radius 1 is 1.27 bits per heavy atom. The van der Waals surface area contributed by atoms with Crippen molar-refractivity contribution in [3.05, 3.63) is 0 Å². The molecular formula is C13H23NO. The number of piperidine rings is 1. The molecule has 2 aliphatic rings. The predicted octanol–water partition coefficient (Wildman–Crippen LogP) is 2.52. The average molecular weight is 209 g/mol. The summed E-state index contributed by atoms with van der Waals surface area (Å²) in [5, 5.41) is 3.66. The molecule has 1 N–H and O–H groups in total. The van der Waals surface area contributed by atoms with E-state index in [1.165, 1.54) is 25.8 Å². The molecule has 0 amide bonds. The largest absolute Gasteiger partial charge is 0.314 e. The second-order valence-electron chi connectivity index (χ2n) is 5.24.